The van der Waals surface area contributed by atoms with Gasteiger partial charge in [0.1, 0.15) is 0 Å². The van der Waals surface area contributed by atoms with Crippen molar-refractivity contribution in [2.75, 3.05) is 26.4 Å². The first kappa shape index (κ1) is 20.9. The van der Waals surface area contributed by atoms with Crippen molar-refractivity contribution in [2.45, 2.75) is 19.3 Å². The predicted octanol–water partition coefficient (Wildman–Crippen LogP) is 1.11. The Bertz CT molecular complexity index is 990. The van der Waals surface area contributed by atoms with Gasteiger partial charge >= 0.3 is 0 Å². The lowest BCUT2D eigenvalue weighted by atomic mass is 10.2. The summed E-state index contributed by atoms with van der Waals surface area (Å²) in [7, 11) is 0. The van der Waals surface area contributed by atoms with Gasteiger partial charge < -0.3 is 14.8 Å². The number of rotatable bonds is 7. The summed E-state index contributed by atoms with van der Waals surface area (Å²) in [5.41, 5.74) is 0.703. The number of hydrogen-bond donors (Lipinski definition) is 1. The van der Waals surface area contributed by atoms with Crippen LogP contribution in [0.15, 0.2) is 23.1 Å². The molecule has 11 heteroatoms. The van der Waals surface area contributed by atoms with Crippen molar-refractivity contribution in [3.8, 4) is 11.5 Å². The van der Waals surface area contributed by atoms with E-state index in [0.717, 1.165) is 21.6 Å². The number of carbonyl (C=O) groups is 5. The van der Waals surface area contributed by atoms with E-state index in [1.807, 2.05) is 0 Å². The molecule has 3 heterocycles. The molecule has 5 amide bonds. The first-order chi connectivity index (χ1) is 14.9. The monoisotopic (exact) mass is 445 g/mol. The number of fused-ring (bicyclic) bond motifs is 1. The van der Waals surface area contributed by atoms with Crippen LogP contribution in [0.4, 0.5) is 4.79 Å². The van der Waals surface area contributed by atoms with E-state index in [-0.39, 0.29) is 68.3 Å². The number of nitrogens with zero attached hydrogens (tertiary/aromatic N) is 2. The number of nitrogens with one attached hydrogen (secondary N) is 1. The molecule has 4 rings (SSSR count). The van der Waals surface area contributed by atoms with Crippen LogP contribution in [-0.2, 0) is 19.2 Å². The molecular formula is C20H19N3O7S. The fourth-order valence-corrected chi connectivity index (χ4v) is 4.19. The van der Waals surface area contributed by atoms with Crippen molar-refractivity contribution in [1.82, 2.24) is 15.1 Å². The number of benzene rings is 1. The largest absolute Gasteiger partial charge is 0.454 e. The van der Waals surface area contributed by atoms with Crippen LogP contribution >= 0.6 is 11.8 Å². The van der Waals surface area contributed by atoms with E-state index in [4.69, 9.17) is 9.47 Å². The minimum absolute atomic E-state index is 0.0243. The number of thioether (sulfide) groups is 1. The van der Waals surface area contributed by atoms with Crippen LogP contribution in [0, 0.1) is 0 Å². The maximum Gasteiger partial charge on any atom is 0.293 e. The molecular weight excluding hydrogens is 426 g/mol. The molecule has 1 aromatic rings. The Hall–Kier alpha value is -3.34. The summed E-state index contributed by atoms with van der Waals surface area (Å²) in [6.45, 7) is 0.279. The minimum atomic E-state index is -0.435. The second-order valence-corrected chi connectivity index (χ2v) is 7.98. The molecule has 3 aliphatic rings. The molecule has 0 radical (unpaired) electrons. The first-order valence-corrected chi connectivity index (χ1v) is 10.5. The number of hydrogen-bond acceptors (Lipinski definition) is 8. The fourth-order valence-electron chi connectivity index (χ4n) is 3.33. The number of likely N-dealkylation sites (tertiary alicyclic amines) is 1. The number of carbonyl (C=O) groups excluding carboxylic acids is 5. The van der Waals surface area contributed by atoms with Gasteiger partial charge in [-0.05, 0) is 35.5 Å². The summed E-state index contributed by atoms with van der Waals surface area (Å²) >= 11 is 0.828. The first-order valence-electron chi connectivity index (χ1n) is 9.67. The average molecular weight is 445 g/mol. The standard InChI is InChI=1S/C20H19N3O7S/c24-16(5-7-22-17(25)3-4-18(22)26)21-6-8-23-19(27)15(31-20(23)28)10-12-1-2-13-14(9-12)30-11-29-13/h1-2,9-10H,3-8,11H2,(H,21,24)/b15-10-. The van der Waals surface area contributed by atoms with Crippen LogP contribution in [0.3, 0.4) is 0 Å². The van der Waals surface area contributed by atoms with Gasteiger partial charge in [0.2, 0.25) is 24.5 Å². The lowest BCUT2D eigenvalue weighted by molar-refractivity contribution is -0.138. The smallest absolute Gasteiger partial charge is 0.293 e. The van der Waals surface area contributed by atoms with Gasteiger partial charge in [-0.1, -0.05) is 6.07 Å². The third kappa shape index (κ3) is 4.55. The minimum Gasteiger partial charge on any atom is -0.454 e. The molecule has 10 nitrogen and oxygen atoms in total. The van der Waals surface area contributed by atoms with Gasteiger partial charge in [-0.25, -0.2) is 0 Å². The van der Waals surface area contributed by atoms with Crippen molar-refractivity contribution >= 4 is 46.7 Å². The zero-order valence-electron chi connectivity index (χ0n) is 16.4. The van der Waals surface area contributed by atoms with Crippen molar-refractivity contribution in [3.63, 3.8) is 0 Å². The molecule has 3 aliphatic heterocycles. The summed E-state index contributed by atoms with van der Waals surface area (Å²) in [5, 5.41) is 2.19. The van der Waals surface area contributed by atoms with Crippen molar-refractivity contribution in [3.05, 3.63) is 28.7 Å². The van der Waals surface area contributed by atoms with Crippen LogP contribution in [-0.4, -0.2) is 65.1 Å². The molecule has 0 aromatic heterocycles. The molecule has 1 aromatic carbocycles. The summed E-state index contributed by atoms with van der Waals surface area (Å²) < 4.78 is 10.6. The third-order valence-electron chi connectivity index (χ3n) is 4.94. The normalized spacial score (nSPS) is 19.2. The number of amides is 5. The van der Waals surface area contributed by atoms with Crippen molar-refractivity contribution < 1.29 is 33.4 Å². The van der Waals surface area contributed by atoms with Gasteiger partial charge in [0.05, 0.1) is 4.91 Å². The second-order valence-electron chi connectivity index (χ2n) is 6.99. The quantitative estimate of drug-likeness (QED) is 0.489. The molecule has 0 unspecified atom stereocenters. The molecule has 0 bridgehead atoms. The van der Waals surface area contributed by atoms with Gasteiger partial charge in [-0.3, -0.25) is 33.8 Å². The van der Waals surface area contributed by atoms with Gasteiger partial charge in [-0.2, -0.15) is 0 Å². The molecule has 0 atom stereocenters. The zero-order chi connectivity index (χ0) is 22.0. The Balaban J connectivity index is 1.27. The van der Waals surface area contributed by atoms with Crippen molar-refractivity contribution in [1.29, 1.82) is 0 Å². The third-order valence-corrected chi connectivity index (χ3v) is 5.85. The molecule has 0 saturated carbocycles. The maximum absolute atomic E-state index is 12.6. The highest BCUT2D eigenvalue weighted by atomic mass is 32.2. The van der Waals surface area contributed by atoms with Crippen LogP contribution in [0.5, 0.6) is 11.5 Å². The van der Waals surface area contributed by atoms with Crippen LogP contribution in [0.25, 0.3) is 6.08 Å². The maximum atomic E-state index is 12.6. The van der Waals surface area contributed by atoms with Gasteiger partial charge in [0, 0.05) is 38.9 Å². The molecule has 2 saturated heterocycles. The van der Waals surface area contributed by atoms with Crippen LogP contribution in [0.2, 0.25) is 0 Å². The Morgan fingerprint density at radius 2 is 1.77 bits per heavy atom. The SMILES string of the molecule is O=C(CCN1C(=O)CCC1=O)NCCN1C(=O)S/C(=C\c2ccc3c(c2)OCO3)C1=O. The zero-order valence-corrected chi connectivity index (χ0v) is 17.2. The molecule has 162 valence electrons. The highest BCUT2D eigenvalue weighted by molar-refractivity contribution is 8.18. The fraction of sp³-hybridized carbons (Fsp3) is 0.350. The Morgan fingerprint density at radius 1 is 1.03 bits per heavy atom. The average Bonchev–Trinajstić information content (AvgIpc) is 3.41. The van der Waals surface area contributed by atoms with E-state index >= 15 is 0 Å². The predicted molar refractivity (Wildman–Crippen MR) is 109 cm³/mol. The van der Waals surface area contributed by atoms with E-state index in [1.54, 1.807) is 24.3 Å². The Labute approximate surface area is 181 Å². The van der Waals surface area contributed by atoms with E-state index in [9.17, 15) is 24.0 Å². The molecule has 1 N–H and O–H groups in total. The van der Waals surface area contributed by atoms with Gasteiger partial charge in [-0.15, -0.1) is 0 Å². The lowest BCUT2D eigenvalue weighted by Crippen LogP contribution is -2.39. The highest BCUT2D eigenvalue weighted by Gasteiger charge is 2.35. The van der Waals surface area contributed by atoms with Gasteiger partial charge in [0.25, 0.3) is 11.1 Å². The number of ether oxygens (including phenoxy) is 2. The van der Waals surface area contributed by atoms with Crippen molar-refractivity contribution in [2.24, 2.45) is 0 Å². The second kappa shape index (κ2) is 8.80. The van der Waals surface area contributed by atoms with Crippen LogP contribution in [0.1, 0.15) is 24.8 Å². The molecule has 2 fully saturated rings. The molecule has 0 aliphatic carbocycles. The highest BCUT2D eigenvalue weighted by Crippen LogP contribution is 2.36. The van der Waals surface area contributed by atoms with E-state index in [0.29, 0.717) is 17.1 Å². The van der Waals surface area contributed by atoms with Crippen LogP contribution < -0.4 is 14.8 Å². The summed E-state index contributed by atoms with van der Waals surface area (Å²) in [6, 6.07) is 5.22. The van der Waals surface area contributed by atoms with E-state index < -0.39 is 11.1 Å². The number of imide groups is 2. The van der Waals surface area contributed by atoms with E-state index in [1.165, 1.54) is 0 Å². The topological polar surface area (TPSA) is 122 Å². The van der Waals surface area contributed by atoms with E-state index in [2.05, 4.69) is 5.32 Å². The summed E-state index contributed by atoms with van der Waals surface area (Å²) in [6.07, 6.45) is 1.94. The molecule has 31 heavy (non-hydrogen) atoms. The van der Waals surface area contributed by atoms with Gasteiger partial charge in [0.15, 0.2) is 11.5 Å². The Morgan fingerprint density at radius 3 is 2.55 bits per heavy atom. The summed E-state index contributed by atoms with van der Waals surface area (Å²) in [4.78, 5) is 62.3. The Kier molecular flexibility index (Phi) is 5.94. The lowest BCUT2D eigenvalue weighted by Gasteiger charge is -2.15. The molecule has 0 spiro atoms. The summed E-state index contributed by atoms with van der Waals surface area (Å²) in [5.74, 6) is -0.146.